The maximum absolute atomic E-state index is 13.5. The highest BCUT2D eigenvalue weighted by Crippen LogP contribution is 2.25. The third kappa shape index (κ3) is 8.61. The van der Waals surface area contributed by atoms with Gasteiger partial charge >= 0.3 is 12.1 Å². The van der Waals surface area contributed by atoms with Crippen LogP contribution in [0.4, 0.5) is 4.79 Å². The van der Waals surface area contributed by atoms with Crippen molar-refractivity contribution >= 4 is 36.5 Å². The molecule has 0 spiro atoms. The molecular formula is C23H31N3O7S. The van der Waals surface area contributed by atoms with E-state index in [4.69, 9.17) is 11.2 Å². The van der Waals surface area contributed by atoms with Crippen LogP contribution in [0.2, 0.25) is 0 Å². The Kier molecular flexibility index (Phi) is 11.4. The number of alkyl carbamates (subject to hydrolysis) is 1. The van der Waals surface area contributed by atoms with Crippen LogP contribution in [0.25, 0.3) is 0 Å². The monoisotopic (exact) mass is 493 g/mol. The smallest absolute Gasteiger partial charge is 0.408 e. The molecule has 0 saturated carbocycles. The Morgan fingerprint density at radius 3 is 2.41 bits per heavy atom. The second kappa shape index (κ2) is 13.5. The summed E-state index contributed by atoms with van der Waals surface area (Å²) in [5.41, 5.74) is -0.176. The Balaban J connectivity index is 3.40. The van der Waals surface area contributed by atoms with Crippen LogP contribution in [0.3, 0.4) is 0 Å². The number of esters is 1. The topological polar surface area (TPSA) is 134 Å². The minimum absolute atomic E-state index is 0.118. The number of aliphatic hydroxyl groups excluding tert-OH is 1. The lowest BCUT2D eigenvalue weighted by atomic mass is 9.97. The van der Waals surface area contributed by atoms with E-state index in [1.54, 1.807) is 45.0 Å². The van der Waals surface area contributed by atoms with Gasteiger partial charge in [0.15, 0.2) is 0 Å². The molecule has 1 aromatic carbocycles. The lowest BCUT2D eigenvalue weighted by Crippen LogP contribution is -2.54. The van der Waals surface area contributed by atoms with Crippen molar-refractivity contribution in [2.75, 3.05) is 32.6 Å². The van der Waals surface area contributed by atoms with Crippen LogP contribution in [0.15, 0.2) is 24.3 Å². The minimum Gasteiger partial charge on any atom is -0.468 e. The van der Waals surface area contributed by atoms with Crippen molar-refractivity contribution in [2.45, 2.75) is 38.5 Å². The number of benzene rings is 1. The zero-order valence-electron chi connectivity index (χ0n) is 19.7. The summed E-state index contributed by atoms with van der Waals surface area (Å²) in [5.74, 6) is 0.213. The molecule has 0 aliphatic carbocycles. The van der Waals surface area contributed by atoms with Crippen LogP contribution >= 0.6 is 12.6 Å². The van der Waals surface area contributed by atoms with Gasteiger partial charge in [0.2, 0.25) is 11.8 Å². The fraction of sp³-hybridized carbons (Fsp3) is 0.478. The standard InChI is InChI=1S/C23H31N3O7S/c1-6-15-9-7-8-10-16(15)19(20(29)24-13-18(28)32-5)26(11-12-27)21(30)17(14-34)25-22(31)33-23(2,3)4/h1,7-10,17,19,27,34H,11-14H2,2-5H3,(H,24,29)(H,25,31). The Labute approximate surface area is 204 Å². The SMILES string of the molecule is C#Cc1ccccc1C(C(=O)NCC(=O)OC)N(CCO)C(=O)C(CS)NC(=O)OC(C)(C)C. The van der Waals surface area contributed by atoms with Gasteiger partial charge < -0.3 is 30.1 Å². The molecule has 34 heavy (non-hydrogen) atoms. The lowest BCUT2D eigenvalue weighted by Gasteiger charge is -2.34. The molecule has 3 N–H and O–H groups in total. The van der Waals surface area contributed by atoms with Crippen molar-refractivity contribution in [1.82, 2.24) is 15.5 Å². The number of carbonyl (C=O) groups is 4. The normalized spacial score (nSPS) is 12.5. The third-order valence-electron chi connectivity index (χ3n) is 4.40. The molecule has 0 aliphatic rings. The van der Waals surface area contributed by atoms with Crippen LogP contribution in [0, 0.1) is 12.3 Å². The molecule has 1 aromatic rings. The lowest BCUT2D eigenvalue weighted by molar-refractivity contribution is -0.144. The van der Waals surface area contributed by atoms with Crippen molar-refractivity contribution in [2.24, 2.45) is 0 Å². The van der Waals surface area contributed by atoms with Crippen LogP contribution in [0.1, 0.15) is 37.9 Å². The van der Waals surface area contributed by atoms with Gasteiger partial charge in [-0.3, -0.25) is 14.4 Å². The molecule has 10 nitrogen and oxygen atoms in total. The molecule has 3 amide bonds. The highest BCUT2D eigenvalue weighted by molar-refractivity contribution is 7.80. The van der Waals surface area contributed by atoms with E-state index in [1.807, 2.05) is 0 Å². The number of hydrogen-bond donors (Lipinski definition) is 4. The van der Waals surface area contributed by atoms with Gasteiger partial charge in [0, 0.05) is 17.9 Å². The second-order valence-electron chi connectivity index (χ2n) is 8.06. The van der Waals surface area contributed by atoms with Crippen molar-refractivity contribution in [3.63, 3.8) is 0 Å². The Bertz CT molecular complexity index is 924. The first-order chi connectivity index (χ1) is 16.0. The average Bonchev–Trinajstić information content (AvgIpc) is 2.79. The summed E-state index contributed by atoms with van der Waals surface area (Å²) < 4.78 is 9.75. The summed E-state index contributed by atoms with van der Waals surface area (Å²) in [6, 6.07) is 3.95. The number of nitrogens with zero attached hydrogens (tertiary/aromatic N) is 1. The fourth-order valence-electron chi connectivity index (χ4n) is 2.96. The van der Waals surface area contributed by atoms with Crippen molar-refractivity contribution in [3.8, 4) is 12.3 Å². The molecule has 0 heterocycles. The van der Waals surface area contributed by atoms with Gasteiger partial charge in [-0.25, -0.2) is 4.79 Å². The number of aliphatic hydroxyl groups is 1. The van der Waals surface area contributed by atoms with Gasteiger partial charge in [0.1, 0.15) is 24.2 Å². The molecule has 0 bridgehead atoms. The van der Waals surface area contributed by atoms with E-state index in [-0.39, 0.29) is 12.3 Å². The first kappa shape index (κ1) is 28.8. The highest BCUT2D eigenvalue weighted by Gasteiger charge is 2.36. The van der Waals surface area contributed by atoms with Crippen molar-refractivity contribution in [3.05, 3.63) is 35.4 Å². The fourth-order valence-corrected chi connectivity index (χ4v) is 3.20. The van der Waals surface area contributed by atoms with Gasteiger partial charge in [0.25, 0.3) is 0 Å². The van der Waals surface area contributed by atoms with E-state index in [0.717, 1.165) is 4.90 Å². The number of methoxy groups -OCH3 is 1. The number of rotatable bonds is 10. The average molecular weight is 494 g/mol. The summed E-state index contributed by atoms with van der Waals surface area (Å²) in [6.45, 7) is 3.80. The Morgan fingerprint density at radius 1 is 1.24 bits per heavy atom. The van der Waals surface area contributed by atoms with Crippen molar-refractivity contribution in [1.29, 1.82) is 0 Å². The zero-order valence-corrected chi connectivity index (χ0v) is 20.6. The van der Waals surface area contributed by atoms with Crippen LogP contribution in [0.5, 0.6) is 0 Å². The van der Waals surface area contributed by atoms with E-state index >= 15 is 0 Å². The quantitative estimate of drug-likeness (QED) is 0.214. The number of carbonyl (C=O) groups excluding carboxylic acids is 4. The second-order valence-corrected chi connectivity index (χ2v) is 8.43. The molecule has 2 atom stereocenters. The maximum Gasteiger partial charge on any atom is 0.408 e. The third-order valence-corrected chi connectivity index (χ3v) is 4.77. The van der Waals surface area contributed by atoms with Crippen LogP contribution in [-0.2, 0) is 23.9 Å². The first-order valence-corrected chi connectivity index (χ1v) is 11.0. The van der Waals surface area contributed by atoms with E-state index < -0.39 is 54.7 Å². The Hall–Kier alpha value is -3.23. The maximum atomic E-state index is 13.5. The first-order valence-electron chi connectivity index (χ1n) is 10.4. The summed E-state index contributed by atoms with van der Waals surface area (Å²) in [5, 5.41) is 14.5. The number of thiol groups is 1. The molecule has 0 aromatic heterocycles. The van der Waals surface area contributed by atoms with Gasteiger partial charge in [0.05, 0.1) is 13.7 Å². The number of ether oxygens (including phenoxy) is 2. The zero-order chi connectivity index (χ0) is 25.9. The van der Waals surface area contributed by atoms with Crippen molar-refractivity contribution < 1.29 is 33.8 Å². The summed E-state index contributed by atoms with van der Waals surface area (Å²) in [7, 11) is 1.17. The summed E-state index contributed by atoms with van der Waals surface area (Å²) >= 11 is 4.16. The van der Waals surface area contributed by atoms with Gasteiger partial charge in [-0.05, 0) is 32.4 Å². The predicted molar refractivity (Wildman–Crippen MR) is 128 cm³/mol. The number of amides is 3. The minimum atomic E-state index is -1.32. The molecule has 1 rings (SSSR count). The summed E-state index contributed by atoms with van der Waals surface area (Å²) in [6.07, 6.45) is 4.75. The van der Waals surface area contributed by atoms with E-state index in [9.17, 15) is 24.3 Å². The number of terminal acetylenes is 1. The highest BCUT2D eigenvalue weighted by atomic mass is 32.1. The molecule has 0 aliphatic heterocycles. The van der Waals surface area contributed by atoms with E-state index in [2.05, 4.69) is 33.9 Å². The number of hydrogen-bond acceptors (Lipinski definition) is 8. The Morgan fingerprint density at radius 2 is 1.88 bits per heavy atom. The van der Waals surface area contributed by atoms with E-state index in [0.29, 0.717) is 11.1 Å². The largest absolute Gasteiger partial charge is 0.468 e. The molecule has 186 valence electrons. The molecule has 11 heteroatoms. The molecule has 0 fully saturated rings. The van der Waals surface area contributed by atoms with Gasteiger partial charge in [-0.1, -0.05) is 24.1 Å². The summed E-state index contributed by atoms with van der Waals surface area (Å²) in [4.78, 5) is 51.5. The van der Waals surface area contributed by atoms with Gasteiger partial charge in [-0.15, -0.1) is 6.42 Å². The van der Waals surface area contributed by atoms with E-state index in [1.165, 1.54) is 7.11 Å². The van der Waals surface area contributed by atoms with Gasteiger partial charge in [-0.2, -0.15) is 12.6 Å². The molecule has 0 radical (unpaired) electrons. The predicted octanol–water partition coefficient (Wildman–Crippen LogP) is 0.642. The van der Waals surface area contributed by atoms with Crippen LogP contribution in [-0.4, -0.2) is 78.1 Å². The van der Waals surface area contributed by atoms with Crippen LogP contribution < -0.4 is 10.6 Å². The number of nitrogens with one attached hydrogen (secondary N) is 2. The molecule has 2 unspecified atom stereocenters. The molecule has 0 saturated heterocycles. The molecular weight excluding hydrogens is 462 g/mol.